The van der Waals surface area contributed by atoms with Gasteiger partial charge in [-0.25, -0.2) is 9.59 Å². The van der Waals surface area contributed by atoms with Crippen LogP contribution < -0.4 is 16.0 Å². The smallest absolute Gasteiger partial charge is 0.344 e. The summed E-state index contributed by atoms with van der Waals surface area (Å²) in [7, 11) is 1.47. The van der Waals surface area contributed by atoms with Crippen LogP contribution in [0.25, 0.3) is 33.1 Å². The minimum atomic E-state index is -0.735. The van der Waals surface area contributed by atoms with Crippen LogP contribution in [-0.4, -0.2) is 30.2 Å². The third-order valence-corrected chi connectivity index (χ3v) is 5.20. The van der Waals surface area contributed by atoms with Crippen LogP contribution >= 0.6 is 0 Å². The fourth-order valence-electron chi connectivity index (χ4n) is 3.70. The number of methoxy groups -OCH3 is 1. The molecule has 9 nitrogen and oxygen atoms in total. The number of ether oxygens (including phenoxy) is 1. The molecular weight excluding hydrogens is 426 g/mol. The number of nitriles is 2. The molecule has 0 unspecified atom stereocenters. The van der Waals surface area contributed by atoms with Crippen LogP contribution in [0.1, 0.15) is 5.56 Å². The second-order valence-electron chi connectivity index (χ2n) is 7.21. The molecule has 33 heavy (non-hydrogen) atoms. The lowest BCUT2D eigenvalue weighted by Crippen LogP contribution is -2.24. The highest BCUT2D eigenvalue weighted by atomic mass is 16.5. The van der Waals surface area contributed by atoms with Gasteiger partial charge in [-0.1, -0.05) is 12.1 Å². The molecule has 0 aliphatic carbocycles. The summed E-state index contributed by atoms with van der Waals surface area (Å²) >= 11 is 0. The molecule has 0 saturated carbocycles. The van der Waals surface area contributed by atoms with Crippen molar-refractivity contribution in [3.63, 3.8) is 0 Å². The Morgan fingerprint density at radius 3 is 2.45 bits per heavy atom. The monoisotopic (exact) mass is 443 g/mol. The molecule has 0 aliphatic heterocycles. The van der Waals surface area contributed by atoms with Gasteiger partial charge < -0.3 is 18.7 Å². The summed E-state index contributed by atoms with van der Waals surface area (Å²) in [4.78, 5) is 26.8. The first-order chi connectivity index (χ1) is 16.0. The molecule has 0 bridgehead atoms. The highest BCUT2D eigenvalue weighted by Gasteiger charge is 2.20. The first-order valence-electron chi connectivity index (χ1n) is 9.83. The molecule has 0 fully saturated rings. The molecule has 0 radical (unpaired) electrons. The molecule has 4 aromatic rings. The molecule has 0 spiro atoms. The van der Waals surface area contributed by atoms with Crippen LogP contribution in [0.3, 0.4) is 0 Å². The second kappa shape index (κ2) is 8.87. The Balaban J connectivity index is 1.96. The molecule has 2 aromatic heterocycles. The third-order valence-electron chi connectivity index (χ3n) is 5.20. The fraction of sp³-hybridized carbons (Fsp3) is 0.167. The minimum Gasteiger partial charge on any atom is -0.507 e. The van der Waals surface area contributed by atoms with E-state index in [1.165, 1.54) is 30.2 Å². The van der Waals surface area contributed by atoms with E-state index in [1.54, 1.807) is 24.3 Å². The first kappa shape index (κ1) is 21.6. The molecule has 4 rings (SSSR count). The Labute approximate surface area is 186 Å². The Bertz CT molecular complexity index is 1560. The zero-order valence-corrected chi connectivity index (χ0v) is 17.5. The number of phenolic OH excluding ortho intramolecular Hbond substituents is 1. The van der Waals surface area contributed by atoms with E-state index < -0.39 is 11.3 Å². The molecule has 0 saturated heterocycles. The van der Waals surface area contributed by atoms with E-state index >= 15 is 0 Å². The van der Waals surface area contributed by atoms with E-state index in [4.69, 9.17) is 24.1 Å². The summed E-state index contributed by atoms with van der Waals surface area (Å²) in [5, 5.41) is 29.5. The van der Waals surface area contributed by atoms with Crippen LogP contribution in [-0.2, 0) is 6.54 Å². The van der Waals surface area contributed by atoms with E-state index in [1.807, 2.05) is 12.1 Å². The molecule has 9 heteroatoms. The number of para-hydroxylation sites is 1. The molecule has 2 heterocycles. The Morgan fingerprint density at radius 1 is 1.00 bits per heavy atom. The number of fused-ring (bicyclic) bond motifs is 2. The highest BCUT2D eigenvalue weighted by Crippen LogP contribution is 2.34. The van der Waals surface area contributed by atoms with Gasteiger partial charge in [-0.15, -0.1) is 0 Å². The molecule has 0 atom stereocenters. The maximum Gasteiger partial charge on any atom is 0.344 e. The van der Waals surface area contributed by atoms with Crippen molar-refractivity contribution in [2.75, 3.05) is 20.2 Å². The number of benzene rings is 2. The zero-order chi connectivity index (χ0) is 23.5. The van der Waals surface area contributed by atoms with Crippen molar-refractivity contribution in [3.8, 4) is 34.8 Å². The van der Waals surface area contributed by atoms with Gasteiger partial charge >= 0.3 is 11.3 Å². The van der Waals surface area contributed by atoms with Crippen LogP contribution in [0.15, 0.2) is 60.9 Å². The fourth-order valence-corrected chi connectivity index (χ4v) is 3.70. The summed E-state index contributed by atoms with van der Waals surface area (Å²) in [6.45, 7) is -0.146. The predicted octanol–water partition coefficient (Wildman–Crippen LogP) is 3.13. The van der Waals surface area contributed by atoms with Crippen molar-refractivity contribution in [1.29, 1.82) is 10.5 Å². The van der Waals surface area contributed by atoms with E-state index in [2.05, 4.69) is 0 Å². The van der Waals surface area contributed by atoms with Crippen molar-refractivity contribution < 1.29 is 18.7 Å². The lowest BCUT2D eigenvalue weighted by atomic mass is 9.99. The van der Waals surface area contributed by atoms with Gasteiger partial charge in [0.25, 0.3) is 0 Å². The van der Waals surface area contributed by atoms with Crippen molar-refractivity contribution >= 4 is 21.9 Å². The topological polar surface area (TPSA) is 141 Å². The van der Waals surface area contributed by atoms with Gasteiger partial charge in [0.15, 0.2) is 11.3 Å². The highest BCUT2D eigenvalue weighted by molar-refractivity contribution is 5.97. The van der Waals surface area contributed by atoms with Crippen molar-refractivity contribution in [2.24, 2.45) is 0 Å². The van der Waals surface area contributed by atoms with Crippen LogP contribution in [0.4, 0.5) is 0 Å². The number of hydrogen-bond donors (Lipinski definition) is 1. The van der Waals surface area contributed by atoms with Crippen molar-refractivity contribution in [3.05, 3.63) is 68.9 Å². The quantitative estimate of drug-likeness (QED) is 0.351. The second-order valence-corrected chi connectivity index (χ2v) is 7.21. The molecule has 0 aliphatic rings. The molecule has 1 N–H and O–H groups in total. The number of phenols is 1. The third kappa shape index (κ3) is 4.01. The summed E-state index contributed by atoms with van der Waals surface area (Å²) in [5.74, 6) is 0.231. The maximum absolute atomic E-state index is 12.9. The molecule has 164 valence electrons. The van der Waals surface area contributed by atoms with Gasteiger partial charge in [-0.2, -0.15) is 10.5 Å². The van der Waals surface area contributed by atoms with Crippen LogP contribution in [0.2, 0.25) is 0 Å². The van der Waals surface area contributed by atoms with E-state index in [0.717, 1.165) is 0 Å². The minimum absolute atomic E-state index is 0.0137. The number of hydrogen-bond acceptors (Lipinski definition) is 9. The van der Waals surface area contributed by atoms with E-state index in [0.29, 0.717) is 16.5 Å². The molecular formula is C24H17N3O6. The standard InChI is InChI=1S/C24H17N3O6/c1-31-20-4-2-3-14-11-17(24(30)33-22(14)20)16-12-21(29)32-23-15(16)5-6-19(28)18(23)13-27(9-7-25)10-8-26/h2-6,11-12,28H,9-10,13H2,1H3. The molecule has 2 aromatic carbocycles. The average molecular weight is 443 g/mol. The normalized spacial score (nSPS) is 10.9. The summed E-state index contributed by atoms with van der Waals surface area (Å²) in [5.41, 5.74) is -0.440. The van der Waals surface area contributed by atoms with Gasteiger partial charge in [0.2, 0.25) is 0 Å². The van der Waals surface area contributed by atoms with Gasteiger partial charge in [0.1, 0.15) is 11.3 Å². The van der Waals surface area contributed by atoms with E-state index in [-0.39, 0.29) is 53.2 Å². The Kier molecular flexibility index (Phi) is 5.81. The van der Waals surface area contributed by atoms with Gasteiger partial charge in [0.05, 0.1) is 43.5 Å². The number of aromatic hydroxyl groups is 1. The van der Waals surface area contributed by atoms with Gasteiger partial charge in [-0.3, -0.25) is 4.90 Å². The SMILES string of the molecule is COc1cccc2cc(-c3cc(=O)oc4c(CN(CC#N)CC#N)c(O)ccc34)c(=O)oc12. The van der Waals surface area contributed by atoms with Crippen LogP contribution in [0, 0.1) is 22.7 Å². The van der Waals surface area contributed by atoms with Crippen LogP contribution in [0.5, 0.6) is 11.5 Å². The van der Waals surface area contributed by atoms with Gasteiger partial charge in [-0.05, 0) is 24.3 Å². The Hall–Kier alpha value is -4.60. The summed E-state index contributed by atoms with van der Waals surface area (Å²) in [6, 6.07) is 14.8. The largest absolute Gasteiger partial charge is 0.507 e. The average Bonchev–Trinajstić information content (AvgIpc) is 2.80. The number of rotatable bonds is 6. The lowest BCUT2D eigenvalue weighted by molar-refractivity contribution is 0.326. The Morgan fingerprint density at radius 2 is 1.76 bits per heavy atom. The first-order valence-corrected chi connectivity index (χ1v) is 9.83. The maximum atomic E-state index is 12.9. The zero-order valence-electron chi connectivity index (χ0n) is 17.5. The summed E-state index contributed by atoms with van der Waals surface area (Å²) < 4.78 is 16.1. The van der Waals surface area contributed by atoms with E-state index in [9.17, 15) is 14.7 Å². The molecule has 0 amide bonds. The predicted molar refractivity (Wildman–Crippen MR) is 119 cm³/mol. The number of nitrogens with zero attached hydrogens (tertiary/aromatic N) is 3. The summed E-state index contributed by atoms with van der Waals surface area (Å²) in [6.07, 6.45) is 0. The van der Waals surface area contributed by atoms with Crippen molar-refractivity contribution in [1.82, 2.24) is 4.90 Å². The lowest BCUT2D eigenvalue weighted by Gasteiger charge is -2.17. The van der Waals surface area contributed by atoms with Crippen molar-refractivity contribution in [2.45, 2.75) is 6.54 Å². The van der Waals surface area contributed by atoms with Gasteiger partial charge in [0, 0.05) is 28.9 Å².